The van der Waals surface area contributed by atoms with Crippen molar-refractivity contribution >= 4 is 23.2 Å². The van der Waals surface area contributed by atoms with E-state index < -0.39 is 0 Å². The quantitative estimate of drug-likeness (QED) is 0.820. The third kappa shape index (κ3) is 3.90. The van der Waals surface area contributed by atoms with Crippen LogP contribution in [-0.4, -0.2) is 41.6 Å². The van der Waals surface area contributed by atoms with E-state index >= 15 is 0 Å². The Morgan fingerprint density at radius 3 is 2.63 bits per heavy atom. The second-order valence-corrected chi connectivity index (χ2v) is 8.38. The van der Waals surface area contributed by atoms with E-state index in [1.54, 1.807) is 6.33 Å². The SMILES string of the molecule is CCCC[C@@H]1Nc2ncnc(N3CCCC3)c2N(CC2CCCCC2)C1=O. The van der Waals surface area contributed by atoms with Gasteiger partial charge in [-0.25, -0.2) is 9.97 Å². The minimum Gasteiger partial charge on any atom is -0.356 e. The van der Waals surface area contributed by atoms with Crippen LogP contribution in [0, 0.1) is 5.92 Å². The molecule has 1 atom stereocenters. The van der Waals surface area contributed by atoms with Gasteiger partial charge in [0.25, 0.3) is 0 Å². The molecule has 6 nitrogen and oxygen atoms in total. The molecule has 0 unspecified atom stereocenters. The van der Waals surface area contributed by atoms with E-state index in [1.807, 2.05) is 0 Å². The van der Waals surface area contributed by atoms with Crippen molar-refractivity contribution in [3.63, 3.8) is 0 Å². The van der Waals surface area contributed by atoms with Crippen LogP contribution in [-0.2, 0) is 4.79 Å². The highest BCUT2D eigenvalue weighted by atomic mass is 16.2. The minimum atomic E-state index is -0.151. The minimum absolute atomic E-state index is 0.151. The van der Waals surface area contributed by atoms with Gasteiger partial charge < -0.3 is 15.1 Å². The van der Waals surface area contributed by atoms with Gasteiger partial charge in [0.05, 0.1) is 0 Å². The molecule has 0 radical (unpaired) electrons. The molecule has 1 N–H and O–H groups in total. The second kappa shape index (κ2) is 8.44. The summed E-state index contributed by atoms with van der Waals surface area (Å²) in [7, 11) is 0. The zero-order valence-corrected chi connectivity index (χ0v) is 16.6. The fourth-order valence-electron chi connectivity index (χ4n) is 4.82. The number of anilines is 3. The normalized spacial score (nSPS) is 23.4. The molecule has 3 heterocycles. The summed E-state index contributed by atoms with van der Waals surface area (Å²) in [5, 5.41) is 3.44. The predicted octanol–water partition coefficient (Wildman–Crippen LogP) is 3.97. The Morgan fingerprint density at radius 1 is 1.11 bits per heavy atom. The first kappa shape index (κ1) is 18.5. The maximum absolute atomic E-state index is 13.4. The Morgan fingerprint density at radius 2 is 1.89 bits per heavy atom. The summed E-state index contributed by atoms with van der Waals surface area (Å²) in [6.45, 7) is 5.04. The van der Waals surface area contributed by atoms with Gasteiger partial charge in [0, 0.05) is 19.6 Å². The molecule has 27 heavy (non-hydrogen) atoms. The summed E-state index contributed by atoms with van der Waals surface area (Å²) in [5.74, 6) is 2.62. The van der Waals surface area contributed by atoms with Gasteiger partial charge in [-0.2, -0.15) is 0 Å². The number of fused-ring (bicyclic) bond motifs is 1. The molecule has 2 aliphatic heterocycles. The van der Waals surface area contributed by atoms with Crippen LogP contribution < -0.4 is 15.1 Å². The molecule has 1 saturated carbocycles. The van der Waals surface area contributed by atoms with Gasteiger partial charge in [-0.05, 0) is 38.0 Å². The van der Waals surface area contributed by atoms with E-state index in [2.05, 4.69) is 32.0 Å². The van der Waals surface area contributed by atoms with Crippen molar-refractivity contribution in [1.82, 2.24) is 9.97 Å². The molecule has 1 aromatic heterocycles. The largest absolute Gasteiger partial charge is 0.356 e. The summed E-state index contributed by atoms with van der Waals surface area (Å²) in [4.78, 5) is 27.0. The van der Waals surface area contributed by atoms with Gasteiger partial charge in [0.15, 0.2) is 11.6 Å². The van der Waals surface area contributed by atoms with Crippen LogP contribution in [0.25, 0.3) is 0 Å². The number of amides is 1. The van der Waals surface area contributed by atoms with Crippen molar-refractivity contribution in [2.45, 2.75) is 77.2 Å². The van der Waals surface area contributed by atoms with Crippen molar-refractivity contribution in [3.8, 4) is 0 Å². The van der Waals surface area contributed by atoms with E-state index in [1.165, 1.54) is 44.9 Å². The number of unbranched alkanes of at least 4 members (excludes halogenated alkanes) is 1. The zero-order valence-electron chi connectivity index (χ0n) is 16.6. The van der Waals surface area contributed by atoms with Crippen LogP contribution in [0.2, 0.25) is 0 Å². The Kier molecular flexibility index (Phi) is 5.79. The van der Waals surface area contributed by atoms with Gasteiger partial charge in [-0.1, -0.05) is 39.0 Å². The number of nitrogens with zero attached hydrogens (tertiary/aromatic N) is 4. The third-order valence-corrected chi connectivity index (χ3v) is 6.37. The van der Waals surface area contributed by atoms with E-state index in [9.17, 15) is 4.79 Å². The van der Waals surface area contributed by atoms with Crippen LogP contribution in [0.4, 0.5) is 17.3 Å². The molecule has 1 aliphatic carbocycles. The Bertz CT molecular complexity index is 652. The highest BCUT2D eigenvalue weighted by Gasteiger charge is 2.37. The molecule has 0 bridgehead atoms. The monoisotopic (exact) mass is 371 g/mol. The molecule has 148 valence electrons. The first-order chi connectivity index (χ1) is 13.3. The first-order valence-electron chi connectivity index (χ1n) is 11.0. The maximum atomic E-state index is 13.4. The molecular formula is C21H33N5O. The van der Waals surface area contributed by atoms with Crippen molar-refractivity contribution in [2.24, 2.45) is 5.92 Å². The summed E-state index contributed by atoms with van der Waals surface area (Å²) in [6, 6.07) is -0.151. The average molecular weight is 372 g/mol. The predicted molar refractivity (Wildman–Crippen MR) is 109 cm³/mol. The lowest BCUT2D eigenvalue weighted by Gasteiger charge is -2.39. The number of nitrogens with one attached hydrogen (secondary N) is 1. The lowest BCUT2D eigenvalue weighted by atomic mass is 9.88. The van der Waals surface area contributed by atoms with E-state index in [4.69, 9.17) is 0 Å². The molecule has 3 aliphatic rings. The fourth-order valence-corrected chi connectivity index (χ4v) is 4.82. The number of carbonyl (C=O) groups excluding carboxylic acids is 1. The number of hydrogen-bond donors (Lipinski definition) is 1. The molecule has 6 heteroatoms. The van der Waals surface area contributed by atoms with Crippen molar-refractivity contribution in [1.29, 1.82) is 0 Å². The Labute approximate surface area is 162 Å². The van der Waals surface area contributed by atoms with Gasteiger partial charge in [-0.15, -0.1) is 0 Å². The number of rotatable bonds is 6. The van der Waals surface area contributed by atoms with E-state index in [0.717, 1.165) is 56.2 Å². The lowest BCUT2D eigenvalue weighted by Crippen LogP contribution is -2.50. The van der Waals surface area contributed by atoms with Crippen molar-refractivity contribution in [2.75, 3.05) is 34.8 Å². The molecule has 2 fully saturated rings. The summed E-state index contributed by atoms with van der Waals surface area (Å²) in [6.07, 6.45) is 13.5. The maximum Gasteiger partial charge on any atom is 0.249 e. The molecule has 0 aromatic carbocycles. The van der Waals surface area contributed by atoms with Crippen LogP contribution >= 0.6 is 0 Å². The van der Waals surface area contributed by atoms with Gasteiger partial charge in [-0.3, -0.25) is 4.79 Å². The molecule has 4 rings (SSSR count). The highest BCUT2D eigenvalue weighted by molar-refractivity contribution is 6.07. The number of carbonyl (C=O) groups is 1. The van der Waals surface area contributed by atoms with Gasteiger partial charge in [0.1, 0.15) is 18.1 Å². The van der Waals surface area contributed by atoms with Gasteiger partial charge >= 0.3 is 0 Å². The van der Waals surface area contributed by atoms with Crippen LogP contribution in [0.1, 0.15) is 71.1 Å². The van der Waals surface area contributed by atoms with Crippen molar-refractivity contribution in [3.05, 3.63) is 6.33 Å². The molecule has 0 spiro atoms. The Hall–Kier alpha value is -1.85. The second-order valence-electron chi connectivity index (χ2n) is 8.38. The average Bonchev–Trinajstić information content (AvgIpc) is 3.24. The summed E-state index contributed by atoms with van der Waals surface area (Å²) in [5.41, 5.74) is 0.933. The molecule has 1 saturated heterocycles. The summed E-state index contributed by atoms with van der Waals surface area (Å²) < 4.78 is 0. The molecule has 1 aromatic rings. The number of hydrogen-bond acceptors (Lipinski definition) is 5. The van der Waals surface area contributed by atoms with Gasteiger partial charge in [0.2, 0.25) is 5.91 Å². The Balaban J connectivity index is 1.66. The van der Waals surface area contributed by atoms with E-state index in [0.29, 0.717) is 5.92 Å². The lowest BCUT2D eigenvalue weighted by molar-refractivity contribution is -0.119. The van der Waals surface area contributed by atoms with Crippen LogP contribution in [0.5, 0.6) is 0 Å². The molecular weight excluding hydrogens is 338 g/mol. The molecule has 1 amide bonds. The van der Waals surface area contributed by atoms with Crippen molar-refractivity contribution < 1.29 is 4.79 Å². The third-order valence-electron chi connectivity index (χ3n) is 6.37. The summed E-state index contributed by atoms with van der Waals surface area (Å²) >= 11 is 0. The van der Waals surface area contributed by atoms with Crippen LogP contribution in [0.15, 0.2) is 6.33 Å². The highest BCUT2D eigenvalue weighted by Crippen LogP contribution is 2.40. The first-order valence-corrected chi connectivity index (χ1v) is 11.0. The number of aromatic nitrogens is 2. The fraction of sp³-hybridized carbons (Fsp3) is 0.762. The smallest absolute Gasteiger partial charge is 0.249 e. The topological polar surface area (TPSA) is 61.4 Å². The van der Waals surface area contributed by atoms with E-state index in [-0.39, 0.29) is 11.9 Å². The zero-order chi connectivity index (χ0) is 18.6. The standard InChI is InChI=1S/C21H33N5O/c1-2-3-11-17-21(27)26(14-16-9-5-4-6-10-16)18-19(24-17)22-15-23-20(18)25-12-7-8-13-25/h15-17H,2-14H2,1H3,(H,22,23,24)/t17-/m0/s1. The van der Waals surface area contributed by atoms with Crippen LogP contribution in [0.3, 0.4) is 0 Å².